The van der Waals surface area contributed by atoms with E-state index in [-0.39, 0.29) is 0 Å². The Morgan fingerprint density at radius 1 is 1.22 bits per heavy atom. The zero-order chi connectivity index (χ0) is 18.6. The van der Waals surface area contributed by atoms with Gasteiger partial charge in [-0.15, -0.1) is 10.2 Å². The first kappa shape index (κ1) is 17.1. The fourth-order valence-electron chi connectivity index (χ4n) is 2.77. The van der Waals surface area contributed by atoms with Crippen molar-refractivity contribution < 1.29 is 0 Å². The minimum absolute atomic E-state index is 0.395. The molecule has 0 spiro atoms. The molecule has 3 aromatic rings. The van der Waals surface area contributed by atoms with E-state index in [2.05, 4.69) is 48.0 Å². The van der Waals surface area contributed by atoms with Crippen LogP contribution in [0.5, 0.6) is 0 Å². The predicted molar refractivity (Wildman–Crippen MR) is 105 cm³/mol. The van der Waals surface area contributed by atoms with Crippen molar-refractivity contribution in [3.05, 3.63) is 27.9 Å². The van der Waals surface area contributed by atoms with Crippen molar-refractivity contribution in [3.8, 4) is 23.0 Å². The standard InChI is InChI=1S/C17H12BrN7S2/c18-11-5-10(27-24-17(9-20)3-4-17)7-25-12(11)6-21-13(25)14-22-23-15(26-14)16(8-19)1-2-16/h5-7,24H,1-4H2. The molecular weight excluding hydrogens is 446 g/mol. The van der Waals surface area contributed by atoms with E-state index in [1.54, 1.807) is 6.20 Å². The number of hydrogen-bond acceptors (Lipinski definition) is 8. The minimum Gasteiger partial charge on any atom is -0.295 e. The molecule has 10 heteroatoms. The maximum atomic E-state index is 9.37. The Labute approximate surface area is 171 Å². The molecule has 27 heavy (non-hydrogen) atoms. The second-order valence-electron chi connectivity index (χ2n) is 6.87. The highest BCUT2D eigenvalue weighted by Crippen LogP contribution is 2.49. The van der Waals surface area contributed by atoms with Gasteiger partial charge in [-0.3, -0.25) is 4.40 Å². The Kier molecular flexibility index (Phi) is 3.82. The van der Waals surface area contributed by atoms with Gasteiger partial charge in [-0.05, 0) is 59.6 Å². The average Bonchev–Trinajstić information content (AvgIpc) is 3.55. The van der Waals surface area contributed by atoms with Gasteiger partial charge in [0.25, 0.3) is 0 Å². The minimum atomic E-state index is -0.440. The molecule has 2 fully saturated rings. The fourth-order valence-corrected chi connectivity index (χ4v) is 5.39. The smallest absolute Gasteiger partial charge is 0.183 e. The number of aromatic nitrogens is 4. The lowest BCUT2D eigenvalue weighted by atomic mass is 10.1. The van der Waals surface area contributed by atoms with Gasteiger partial charge in [0.05, 0.1) is 23.9 Å². The van der Waals surface area contributed by atoms with Gasteiger partial charge in [-0.2, -0.15) is 10.5 Å². The lowest BCUT2D eigenvalue weighted by Gasteiger charge is -2.09. The largest absolute Gasteiger partial charge is 0.295 e. The molecule has 0 bridgehead atoms. The molecule has 134 valence electrons. The molecule has 0 aromatic carbocycles. The number of nitriles is 2. The molecule has 2 aliphatic carbocycles. The van der Waals surface area contributed by atoms with Crippen LogP contribution in [0.4, 0.5) is 0 Å². The zero-order valence-corrected chi connectivity index (χ0v) is 17.2. The first-order valence-corrected chi connectivity index (χ1v) is 10.8. The molecular formula is C17H12BrN7S2. The van der Waals surface area contributed by atoms with Crippen molar-refractivity contribution in [2.45, 2.75) is 41.5 Å². The van der Waals surface area contributed by atoms with Gasteiger partial charge in [-0.1, -0.05) is 11.3 Å². The molecule has 0 unspecified atom stereocenters. The SMILES string of the molecule is N#CC1(NSc2cc(Br)c3cnc(-c4nnc(C5(C#N)CC5)s4)n3c2)CC1. The molecule has 5 rings (SSSR count). The van der Waals surface area contributed by atoms with E-state index in [9.17, 15) is 10.5 Å². The molecule has 0 saturated heterocycles. The lowest BCUT2D eigenvalue weighted by Crippen LogP contribution is -2.22. The van der Waals surface area contributed by atoms with Crippen LogP contribution in [0.2, 0.25) is 0 Å². The normalized spacial score (nSPS) is 18.8. The number of nitrogens with zero attached hydrogens (tertiary/aromatic N) is 6. The van der Waals surface area contributed by atoms with Crippen LogP contribution in [0.3, 0.4) is 0 Å². The fraction of sp³-hybridized carbons (Fsp3) is 0.353. The van der Waals surface area contributed by atoms with E-state index >= 15 is 0 Å². The van der Waals surface area contributed by atoms with Crippen molar-refractivity contribution in [3.63, 3.8) is 0 Å². The average molecular weight is 458 g/mol. The molecule has 0 amide bonds. The topological polar surface area (TPSA) is 103 Å². The van der Waals surface area contributed by atoms with Crippen molar-refractivity contribution in [1.82, 2.24) is 24.3 Å². The van der Waals surface area contributed by atoms with E-state index < -0.39 is 11.0 Å². The third kappa shape index (κ3) is 2.84. The highest BCUT2D eigenvalue weighted by molar-refractivity contribution is 9.10. The van der Waals surface area contributed by atoms with Gasteiger partial charge < -0.3 is 0 Å². The van der Waals surface area contributed by atoms with Crippen LogP contribution in [-0.4, -0.2) is 25.1 Å². The quantitative estimate of drug-likeness (QED) is 0.580. The van der Waals surface area contributed by atoms with Gasteiger partial charge in [0, 0.05) is 15.6 Å². The molecule has 0 aliphatic heterocycles. The summed E-state index contributed by atoms with van der Waals surface area (Å²) in [4.78, 5) is 5.49. The Hall–Kier alpha value is -1.98. The second-order valence-corrected chi connectivity index (χ2v) is 9.58. The number of hydrogen-bond donors (Lipinski definition) is 1. The molecule has 2 saturated carbocycles. The van der Waals surface area contributed by atoms with Crippen molar-refractivity contribution in [2.75, 3.05) is 0 Å². The maximum Gasteiger partial charge on any atom is 0.183 e. The summed E-state index contributed by atoms with van der Waals surface area (Å²) >= 11 is 6.48. The molecule has 1 N–H and O–H groups in total. The second kappa shape index (κ2) is 6.01. The highest BCUT2D eigenvalue weighted by Gasteiger charge is 2.48. The first-order valence-electron chi connectivity index (χ1n) is 8.36. The van der Waals surface area contributed by atoms with Gasteiger partial charge in [-0.25, -0.2) is 9.71 Å². The molecule has 7 nitrogen and oxygen atoms in total. The number of rotatable bonds is 5. The van der Waals surface area contributed by atoms with Gasteiger partial charge in [0.1, 0.15) is 16.0 Å². The summed E-state index contributed by atoms with van der Waals surface area (Å²) in [5.74, 6) is 0.701. The first-order chi connectivity index (χ1) is 13.1. The van der Waals surface area contributed by atoms with E-state index in [1.165, 1.54) is 23.3 Å². The maximum absolute atomic E-state index is 9.37. The van der Waals surface area contributed by atoms with Crippen LogP contribution >= 0.6 is 39.2 Å². The van der Waals surface area contributed by atoms with Crippen LogP contribution in [0.1, 0.15) is 30.7 Å². The molecule has 0 atom stereocenters. The van der Waals surface area contributed by atoms with Crippen LogP contribution < -0.4 is 4.72 Å². The predicted octanol–water partition coefficient (Wildman–Crippen LogP) is 3.82. The van der Waals surface area contributed by atoms with Crippen molar-refractivity contribution in [1.29, 1.82) is 10.5 Å². The summed E-state index contributed by atoms with van der Waals surface area (Å²) in [6.45, 7) is 0. The Morgan fingerprint density at radius 2 is 2.04 bits per heavy atom. The number of imidazole rings is 1. The number of fused-ring (bicyclic) bond motifs is 1. The Morgan fingerprint density at radius 3 is 2.70 bits per heavy atom. The van der Waals surface area contributed by atoms with Gasteiger partial charge in [0.2, 0.25) is 0 Å². The number of halogens is 1. The van der Waals surface area contributed by atoms with E-state index in [4.69, 9.17) is 0 Å². The summed E-state index contributed by atoms with van der Waals surface area (Å²) in [6, 6.07) is 6.70. The number of pyridine rings is 1. The lowest BCUT2D eigenvalue weighted by molar-refractivity contribution is 0.798. The summed E-state index contributed by atoms with van der Waals surface area (Å²) in [5.41, 5.74) is 0.0899. The van der Waals surface area contributed by atoms with Gasteiger partial charge >= 0.3 is 0 Å². The van der Waals surface area contributed by atoms with Crippen LogP contribution in [0, 0.1) is 22.7 Å². The summed E-state index contributed by atoms with van der Waals surface area (Å²) in [6.07, 6.45) is 7.22. The van der Waals surface area contributed by atoms with E-state index in [0.717, 1.165) is 45.6 Å². The summed E-state index contributed by atoms with van der Waals surface area (Å²) in [7, 11) is 0. The Bertz CT molecular complexity index is 1140. The van der Waals surface area contributed by atoms with Crippen LogP contribution in [0.25, 0.3) is 16.3 Å². The van der Waals surface area contributed by atoms with Gasteiger partial charge in [0.15, 0.2) is 10.8 Å². The Balaban J connectivity index is 1.50. The van der Waals surface area contributed by atoms with Crippen molar-refractivity contribution >= 4 is 44.7 Å². The number of nitrogens with one attached hydrogen (secondary N) is 1. The van der Waals surface area contributed by atoms with Crippen molar-refractivity contribution in [2.24, 2.45) is 0 Å². The van der Waals surface area contributed by atoms with E-state index in [0.29, 0.717) is 10.8 Å². The third-order valence-electron chi connectivity index (χ3n) is 4.88. The summed E-state index contributed by atoms with van der Waals surface area (Å²) < 4.78 is 6.14. The van der Waals surface area contributed by atoms with Crippen LogP contribution in [0.15, 0.2) is 27.8 Å². The zero-order valence-electron chi connectivity index (χ0n) is 13.9. The molecule has 2 aliphatic rings. The molecule has 3 heterocycles. The molecule has 0 radical (unpaired) electrons. The summed E-state index contributed by atoms with van der Waals surface area (Å²) in [5, 5.41) is 28.6. The third-order valence-corrected chi connectivity index (χ3v) is 7.60. The molecule has 3 aromatic heterocycles. The van der Waals surface area contributed by atoms with Crippen LogP contribution in [-0.2, 0) is 5.41 Å². The van der Waals surface area contributed by atoms with E-state index in [1.807, 2.05) is 16.7 Å². The highest BCUT2D eigenvalue weighted by atomic mass is 79.9. The monoisotopic (exact) mass is 457 g/mol.